The van der Waals surface area contributed by atoms with E-state index in [1.165, 1.54) is 13.3 Å². The first-order chi connectivity index (χ1) is 15.1. The standard InChI is InChI=1S/C20H33N5O5S2/c1-4-6-13(16(27)19(30)22-10-15(26)23-12(2)17(21)28)24-18(29)14-9-20(11-25(14)3)31-7-5-8-32-20/h12-14H,4-11H2,1-3H3,(H2,21,28)(H,22,30)(H,23,26)(H,24,29)/t12-,13?,14-/m0/s1. The van der Waals surface area contributed by atoms with Crippen LogP contribution in [0.15, 0.2) is 0 Å². The van der Waals surface area contributed by atoms with E-state index in [1.54, 1.807) is 0 Å². The fourth-order valence-electron chi connectivity index (χ4n) is 3.72. The number of nitrogens with two attached hydrogens (primary N) is 1. The first-order valence-electron chi connectivity index (χ1n) is 10.8. The highest BCUT2D eigenvalue weighted by Crippen LogP contribution is 2.49. The second-order valence-corrected chi connectivity index (χ2v) is 11.4. The lowest BCUT2D eigenvalue weighted by molar-refractivity contribution is -0.141. The number of carbonyl (C=O) groups is 5. The van der Waals surface area contributed by atoms with Crippen molar-refractivity contribution in [2.75, 3.05) is 31.6 Å². The molecule has 0 bridgehead atoms. The molecule has 10 nitrogen and oxygen atoms in total. The van der Waals surface area contributed by atoms with Crippen molar-refractivity contribution in [2.24, 2.45) is 5.73 Å². The van der Waals surface area contributed by atoms with Crippen LogP contribution in [-0.4, -0.2) is 88.2 Å². The van der Waals surface area contributed by atoms with Gasteiger partial charge in [-0.3, -0.25) is 28.9 Å². The van der Waals surface area contributed by atoms with Crippen LogP contribution in [0.4, 0.5) is 0 Å². The summed E-state index contributed by atoms with van der Waals surface area (Å²) in [6.07, 6.45) is 2.77. The maximum atomic E-state index is 13.0. The molecule has 0 aromatic rings. The summed E-state index contributed by atoms with van der Waals surface area (Å²) in [6, 6.07) is -2.21. The Labute approximate surface area is 196 Å². The Morgan fingerprint density at radius 3 is 2.41 bits per heavy atom. The third-order valence-corrected chi connectivity index (χ3v) is 8.83. The number of primary amides is 1. The van der Waals surface area contributed by atoms with E-state index in [0.29, 0.717) is 19.3 Å². The van der Waals surface area contributed by atoms with Crippen LogP contribution in [0.5, 0.6) is 0 Å². The van der Waals surface area contributed by atoms with E-state index in [1.807, 2.05) is 42.4 Å². The second-order valence-electron chi connectivity index (χ2n) is 8.18. The summed E-state index contributed by atoms with van der Waals surface area (Å²) < 4.78 is 0.00601. The first kappa shape index (κ1) is 26.5. The molecule has 32 heavy (non-hydrogen) atoms. The topological polar surface area (TPSA) is 151 Å². The second kappa shape index (κ2) is 11.9. The van der Waals surface area contributed by atoms with Crippen LogP contribution in [0.3, 0.4) is 0 Å². The van der Waals surface area contributed by atoms with Crippen LogP contribution in [0.2, 0.25) is 0 Å². The molecule has 5 N–H and O–H groups in total. The summed E-state index contributed by atoms with van der Waals surface area (Å²) in [5.41, 5.74) is 5.07. The lowest BCUT2D eigenvalue weighted by Gasteiger charge is -2.31. The largest absolute Gasteiger partial charge is 0.368 e. The monoisotopic (exact) mass is 487 g/mol. The van der Waals surface area contributed by atoms with Crippen LogP contribution in [0.25, 0.3) is 0 Å². The van der Waals surface area contributed by atoms with Crippen molar-refractivity contribution in [2.45, 2.75) is 61.7 Å². The van der Waals surface area contributed by atoms with Gasteiger partial charge in [-0.2, -0.15) is 0 Å². The van der Waals surface area contributed by atoms with Gasteiger partial charge >= 0.3 is 0 Å². The molecule has 0 aliphatic carbocycles. The van der Waals surface area contributed by atoms with Crippen molar-refractivity contribution in [1.82, 2.24) is 20.9 Å². The predicted molar refractivity (Wildman–Crippen MR) is 125 cm³/mol. The van der Waals surface area contributed by atoms with Crippen LogP contribution in [-0.2, 0) is 24.0 Å². The van der Waals surface area contributed by atoms with Gasteiger partial charge in [0, 0.05) is 6.54 Å². The number of carbonyl (C=O) groups excluding carboxylic acids is 5. The average Bonchev–Trinajstić information content (AvgIpc) is 3.06. The van der Waals surface area contributed by atoms with E-state index in [-0.39, 0.29) is 16.0 Å². The van der Waals surface area contributed by atoms with Crippen molar-refractivity contribution in [1.29, 1.82) is 0 Å². The number of likely N-dealkylation sites (tertiary alicyclic amines) is 1. The van der Waals surface area contributed by atoms with Gasteiger partial charge in [0.15, 0.2) is 0 Å². The normalized spacial score (nSPS) is 22.0. The summed E-state index contributed by atoms with van der Waals surface area (Å²) in [4.78, 5) is 62.7. The van der Waals surface area contributed by atoms with Crippen molar-refractivity contribution >= 4 is 52.9 Å². The number of likely N-dealkylation sites (N-methyl/N-ethyl adjacent to an activating group) is 1. The van der Waals surface area contributed by atoms with Gasteiger partial charge in [0.05, 0.1) is 22.7 Å². The minimum atomic E-state index is -0.961. The molecule has 1 spiro atoms. The third kappa shape index (κ3) is 7.11. The van der Waals surface area contributed by atoms with E-state index in [0.717, 1.165) is 18.1 Å². The van der Waals surface area contributed by atoms with Gasteiger partial charge in [0.25, 0.3) is 5.91 Å². The minimum Gasteiger partial charge on any atom is -0.368 e. The van der Waals surface area contributed by atoms with Crippen LogP contribution in [0, 0.1) is 0 Å². The Hall–Kier alpha value is -1.79. The molecular weight excluding hydrogens is 454 g/mol. The number of amides is 4. The molecular formula is C20H33N5O5S2. The molecule has 0 radical (unpaired) electrons. The molecule has 2 heterocycles. The summed E-state index contributed by atoms with van der Waals surface area (Å²) in [5, 5.41) is 7.31. The molecule has 2 rings (SSSR count). The summed E-state index contributed by atoms with van der Waals surface area (Å²) in [6.45, 7) is 3.59. The molecule has 0 aromatic heterocycles. The first-order valence-corrected chi connectivity index (χ1v) is 12.7. The lowest BCUT2D eigenvalue weighted by Crippen LogP contribution is -2.53. The molecule has 2 saturated heterocycles. The van der Waals surface area contributed by atoms with Crippen LogP contribution < -0.4 is 21.7 Å². The zero-order valence-corrected chi connectivity index (χ0v) is 20.4. The fourth-order valence-corrected chi connectivity index (χ4v) is 7.20. The summed E-state index contributed by atoms with van der Waals surface area (Å²) >= 11 is 3.79. The number of hydrogen-bond acceptors (Lipinski definition) is 8. The van der Waals surface area contributed by atoms with Gasteiger partial charge in [-0.25, -0.2) is 0 Å². The highest BCUT2D eigenvalue weighted by molar-refractivity contribution is 8.18. The van der Waals surface area contributed by atoms with E-state index < -0.39 is 42.1 Å². The van der Waals surface area contributed by atoms with E-state index in [9.17, 15) is 24.0 Å². The predicted octanol–water partition coefficient (Wildman–Crippen LogP) is -0.783. The van der Waals surface area contributed by atoms with Crippen molar-refractivity contribution in [3.05, 3.63) is 0 Å². The van der Waals surface area contributed by atoms with Crippen LogP contribution in [0.1, 0.15) is 39.5 Å². The van der Waals surface area contributed by atoms with E-state index in [4.69, 9.17) is 5.73 Å². The molecule has 3 atom stereocenters. The third-order valence-electron chi connectivity index (χ3n) is 5.50. The molecule has 4 amide bonds. The van der Waals surface area contributed by atoms with Gasteiger partial charge in [-0.1, -0.05) is 13.3 Å². The number of nitrogens with zero attached hydrogens (tertiary/aromatic N) is 1. The molecule has 12 heteroatoms. The highest BCUT2D eigenvalue weighted by Gasteiger charge is 2.47. The van der Waals surface area contributed by atoms with Crippen LogP contribution >= 0.6 is 23.5 Å². The smallest absolute Gasteiger partial charge is 0.290 e. The zero-order valence-electron chi connectivity index (χ0n) is 18.8. The number of hydrogen-bond donors (Lipinski definition) is 4. The fraction of sp³-hybridized carbons (Fsp3) is 0.750. The molecule has 2 aliphatic rings. The molecule has 2 fully saturated rings. The maximum absolute atomic E-state index is 13.0. The van der Waals surface area contributed by atoms with E-state index in [2.05, 4.69) is 16.0 Å². The Morgan fingerprint density at radius 2 is 1.81 bits per heavy atom. The molecule has 180 valence electrons. The van der Waals surface area contributed by atoms with Gasteiger partial charge in [-0.15, -0.1) is 23.5 Å². The molecule has 1 unspecified atom stereocenters. The number of rotatable bonds is 10. The molecule has 0 aromatic carbocycles. The number of Topliss-reactive ketones (excluding diaryl/α,β-unsaturated/α-hetero) is 1. The average molecular weight is 488 g/mol. The van der Waals surface area contributed by atoms with Gasteiger partial charge in [-0.05, 0) is 44.7 Å². The SMILES string of the molecule is CCCC(NC(=O)[C@@H]1CC2(CN1C)SCCCS2)C(=O)C(=O)NCC(=O)N[C@@H](C)C(N)=O. The molecule has 0 saturated carbocycles. The summed E-state index contributed by atoms with van der Waals surface area (Å²) in [5.74, 6) is -1.21. The molecule has 2 aliphatic heterocycles. The van der Waals surface area contributed by atoms with Gasteiger partial charge in [0.1, 0.15) is 6.04 Å². The zero-order chi connectivity index (χ0) is 23.9. The quantitative estimate of drug-likeness (QED) is 0.293. The van der Waals surface area contributed by atoms with Crippen molar-refractivity contribution in [3.8, 4) is 0 Å². The Balaban J connectivity index is 1.91. The van der Waals surface area contributed by atoms with Gasteiger partial charge in [0.2, 0.25) is 23.5 Å². The minimum absolute atomic E-state index is 0.00601. The lowest BCUT2D eigenvalue weighted by atomic mass is 10.1. The van der Waals surface area contributed by atoms with Gasteiger partial charge < -0.3 is 21.7 Å². The number of thioether (sulfide) groups is 2. The Kier molecular flexibility index (Phi) is 9.83. The summed E-state index contributed by atoms with van der Waals surface area (Å²) in [7, 11) is 1.91. The number of ketones is 1. The number of nitrogens with one attached hydrogen (secondary N) is 3. The Morgan fingerprint density at radius 1 is 1.16 bits per heavy atom. The maximum Gasteiger partial charge on any atom is 0.290 e. The Bertz CT molecular complexity index is 744. The van der Waals surface area contributed by atoms with Crippen molar-refractivity contribution in [3.63, 3.8) is 0 Å². The highest BCUT2D eigenvalue weighted by atomic mass is 32.2. The van der Waals surface area contributed by atoms with Crippen molar-refractivity contribution < 1.29 is 24.0 Å². The van der Waals surface area contributed by atoms with E-state index >= 15 is 0 Å².